The van der Waals surface area contributed by atoms with E-state index in [0.717, 1.165) is 38.9 Å². The number of carbonyl (C=O) groups is 1. The van der Waals surface area contributed by atoms with Crippen LogP contribution in [0.15, 0.2) is 30.3 Å². The molecule has 2 rings (SSSR count). The third-order valence-corrected chi connectivity index (χ3v) is 3.68. The monoisotopic (exact) mass is 261 g/mol. The van der Waals surface area contributed by atoms with Crippen LogP contribution in [-0.2, 0) is 16.0 Å². The summed E-state index contributed by atoms with van der Waals surface area (Å²) < 4.78 is 5.13. The van der Waals surface area contributed by atoms with Gasteiger partial charge in [-0.1, -0.05) is 30.3 Å². The van der Waals surface area contributed by atoms with Gasteiger partial charge in [-0.3, -0.25) is 4.79 Å². The first-order valence-electron chi connectivity index (χ1n) is 7.22. The van der Waals surface area contributed by atoms with E-state index < -0.39 is 0 Å². The molecule has 1 aliphatic heterocycles. The highest BCUT2D eigenvalue weighted by molar-refractivity contribution is 5.72. The Morgan fingerprint density at radius 3 is 2.89 bits per heavy atom. The van der Waals surface area contributed by atoms with Gasteiger partial charge >= 0.3 is 5.97 Å². The molecule has 1 saturated heterocycles. The molecule has 1 heterocycles. The zero-order valence-electron chi connectivity index (χ0n) is 11.7. The van der Waals surface area contributed by atoms with Gasteiger partial charge in [0.2, 0.25) is 0 Å². The molecule has 0 aliphatic carbocycles. The molecule has 1 fully saturated rings. The first-order valence-corrected chi connectivity index (χ1v) is 7.22. The fourth-order valence-electron chi connectivity index (χ4n) is 2.64. The smallest absolute Gasteiger partial charge is 0.310 e. The molecule has 3 nitrogen and oxygen atoms in total. The molecular weight excluding hydrogens is 238 g/mol. The van der Waals surface area contributed by atoms with Crippen molar-refractivity contribution in [2.45, 2.75) is 26.2 Å². The Balaban J connectivity index is 1.79. The molecule has 0 amide bonds. The van der Waals surface area contributed by atoms with E-state index in [4.69, 9.17) is 4.74 Å². The van der Waals surface area contributed by atoms with Crippen LogP contribution in [0.4, 0.5) is 0 Å². The Hall–Kier alpha value is -1.35. The van der Waals surface area contributed by atoms with Crippen LogP contribution in [0.1, 0.15) is 25.3 Å². The molecule has 19 heavy (non-hydrogen) atoms. The number of likely N-dealkylation sites (tertiary alicyclic amines) is 1. The van der Waals surface area contributed by atoms with E-state index in [1.54, 1.807) is 0 Å². The van der Waals surface area contributed by atoms with Crippen LogP contribution in [0.25, 0.3) is 0 Å². The van der Waals surface area contributed by atoms with Crippen LogP contribution < -0.4 is 0 Å². The molecule has 104 valence electrons. The van der Waals surface area contributed by atoms with Crippen LogP contribution >= 0.6 is 0 Å². The van der Waals surface area contributed by atoms with Gasteiger partial charge in [-0.15, -0.1) is 0 Å². The maximum absolute atomic E-state index is 11.8. The van der Waals surface area contributed by atoms with E-state index in [9.17, 15) is 4.79 Å². The van der Waals surface area contributed by atoms with Gasteiger partial charge in [0.15, 0.2) is 0 Å². The molecule has 0 radical (unpaired) electrons. The minimum absolute atomic E-state index is 0.0214. The van der Waals surface area contributed by atoms with E-state index in [1.165, 1.54) is 5.56 Å². The molecule has 0 bridgehead atoms. The van der Waals surface area contributed by atoms with Crippen LogP contribution in [-0.4, -0.2) is 37.1 Å². The van der Waals surface area contributed by atoms with Gasteiger partial charge in [-0.05, 0) is 38.3 Å². The fraction of sp³-hybridized carbons (Fsp3) is 0.562. The number of hydrogen-bond donors (Lipinski definition) is 0. The quantitative estimate of drug-likeness (QED) is 0.763. The molecule has 1 atom stereocenters. The van der Waals surface area contributed by atoms with Crippen LogP contribution in [0, 0.1) is 5.92 Å². The van der Waals surface area contributed by atoms with Gasteiger partial charge in [-0.25, -0.2) is 0 Å². The number of esters is 1. The van der Waals surface area contributed by atoms with Crippen molar-refractivity contribution in [2.75, 3.05) is 26.2 Å². The molecule has 0 unspecified atom stereocenters. The van der Waals surface area contributed by atoms with Crippen LogP contribution in [0.2, 0.25) is 0 Å². The lowest BCUT2D eigenvalue weighted by Gasteiger charge is -2.31. The van der Waals surface area contributed by atoms with E-state index >= 15 is 0 Å². The van der Waals surface area contributed by atoms with Crippen molar-refractivity contribution >= 4 is 5.97 Å². The van der Waals surface area contributed by atoms with E-state index in [1.807, 2.05) is 13.0 Å². The molecule has 1 aliphatic rings. The first kappa shape index (κ1) is 14.1. The Morgan fingerprint density at radius 2 is 2.16 bits per heavy atom. The SMILES string of the molecule is CCOC(=O)[C@H]1CCCN(CCc2ccccc2)C1. The number of rotatable bonds is 5. The average molecular weight is 261 g/mol. The summed E-state index contributed by atoms with van der Waals surface area (Å²) in [6.45, 7) is 5.33. The Kier molecular flexibility index (Phi) is 5.40. The van der Waals surface area contributed by atoms with Crippen molar-refractivity contribution < 1.29 is 9.53 Å². The summed E-state index contributed by atoms with van der Waals surface area (Å²) in [4.78, 5) is 14.2. The highest BCUT2D eigenvalue weighted by Crippen LogP contribution is 2.18. The van der Waals surface area contributed by atoms with Gasteiger partial charge in [-0.2, -0.15) is 0 Å². The summed E-state index contributed by atoms with van der Waals surface area (Å²) in [6.07, 6.45) is 3.12. The number of nitrogens with zero attached hydrogens (tertiary/aromatic N) is 1. The lowest BCUT2D eigenvalue weighted by molar-refractivity contribution is -0.149. The molecule has 3 heteroatoms. The summed E-state index contributed by atoms with van der Waals surface area (Å²) in [7, 11) is 0. The Labute approximate surface area is 115 Å². The average Bonchev–Trinajstić information content (AvgIpc) is 2.47. The maximum atomic E-state index is 11.8. The zero-order valence-corrected chi connectivity index (χ0v) is 11.7. The van der Waals surface area contributed by atoms with Crippen molar-refractivity contribution in [1.82, 2.24) is 4.90 Å². The standard InChI is InChI=1S/C16H23NO2/c1-2-19-16(18)15-9-6-11-17(13-15)12-10-14-7-4-3-5-8-14/h3-5,7-8,15H,2,6,9-13H2,1H3/t15-/m0/s1. The highest BCUT2D eigenvalue weighted by Gasteiger charge is 2.26. The minimum atomic E-state index is -0.0214. The van der Waals surface area contributed by atoms with Gasteiger partial charge in [0.05, 0.1) is 12.5 Å². The van der Waals surface area contributed by atoms with Crippen molar-refractivity contribution in [3.8, 4) is 0 Å². The molecular formula is C16H23NO2. The van der Waals surface area contributed by atoms with Crippen molar-refractivity contribution in [1.29, 1.82) is 0 Å². The number of hydrogen-bond acceptors (Lipinski definition) is 3. The summed E-state index contributed by atoms with van der Waals surface area (Å²) in [6, 6.07) is 10.5. The van der Waals surface area contributed by atoms with Crippen LogP contribution in [0.5, 0.6) is 0 Å². The fourth-order valence-corrected chi connectivity index (χ4v) is 2.64. The minimum Gasteiger partial charge on any atom is -0.466 e. The van der Waals surface area contributed by atoms with Gasteiger partial charge in [0.1, 0.15) is 0 Å². The second-order valence-corrected chi connectivity index (χ2v) is 5.13. The predicted molar refractivity (Wildman–Crippen MR) is 75.9 cm³/mol. The summed E-state index contributed by atoms with van der Waals surface area (Å²) in [5.74, 6) is 0.0522. The zero-order chi connectivity index (χ0) is 13.5. The largest absolute Gasteiger partial charge is 0.466 e. The second-order valence-electron chi connectivity index (χ2n) is 5.13. The topological polar surface area (TPSA) is 29.5 Å². The Morgan fingerprint density at radius 1 is 1.37 bits per heavy atom. The highest BCUT2D eigenvalue weighted by atomic mass is 16.5. The van der Waals surface area contributed by atoms with Crippen molar-refractivity contribution in [2.24, 2.45) is 5.92 Å². The second kappa shape index (κ2) is 7.29. The predicted octanol–water partition coefficient (Wildman–Crippen LogP) is 2.50. The summed E-state index contributed by atoms with van der Waals surface area (Å²) >= 11 is 0. The lowest BCUT2D eigenvalue weighted by atomic mass is 9.98. The van der Waals surface area contributed by atoms with E-state index in [0.29, 0.717) is 6.61 Å². The third kappa shape index (κ3) is 4.35. The van der Waals surface area contributed by atoms with E-state index in [2.05, 4.69) is 29.2 Å². The van der Waals surface area contributed by atoms with Crippen LogP contribution in [0.3, 0.4) is 0 Å². The number of carbonyl (C=O) groups excluding carboxylic acids is 1. The summed E-state index contributed by atoms with van der Waals surface area (Å²) in [5.41, 5.74) is 1.36. The van der Waals surface area contributed by atoms with Gasteiger partial charge in [0.25, 0.3) is 0 Å². The first-order chi connectivity index (χ1) is 9.29. The third-order valence-electron chi connectivity index (χ3n) is 3.68. The normalized spacial score (nSPS) is 20.2. The van der Waals surface area contributed by atoms with Gasteiger partial charge < -0.3 is 9.64 Å². The van der Waals surface area contributed by atoms with Crippen molar-refractivity contribution in [3.63, 3.8) is 0 Å². The lowest BCUT2D eigenvalue weighted by Crippen LogP contribution is -2.40. The maximum Gasteiger partial charge on any atom is 0.310 e. The summed E-state index contributed by atoms with van der Waals surface area (Å²) in [5, 5.41) is 0. The number of ether oxygens (including phenoxy) is 1. The molecule has 0 spiro atoms. The number of piperidine rings is 1. The molecule has 0 saturated carbocycles. The van der Waals surface area contributed by atoms with Gasteiger partial charge in [0, 0.05) is 13.1 Å². The Bertz CT molecular complexity index is 391. The molecule has 0 aromatic heterocycles. The van der Waals surface area contributed by atoms with E-state index in [-0.39, 0.29) is 11.9 Å². The molecule has 0 N–H and O–H groups in total. The number of benzene rings is 1. The molecule has 1 aromatic carbocycles. The van der Waals surface area contributed by atoms with Crippen molar-refractivity contribution in [3.05, 3.63) is 35.9 Å². The molecule has 1 aromatic rings.